The number of sulfonamides is 1. The Kier molecular flexibility index (Phi) is 4.92. The Labute approximate surface area is 122 Å². The van der Waals surface area contributed by atoms with Crippen molar-refractivity contribution in [3.05, 3.63) is 30.1 Å². The molecule has 0 aromatic heterocycles. The van der Waals surface area contributed by atoms with Crippen molar-refractivity contribution < 1.29 is 22.3 Å². The molecule has 1 saturated heterocycles. The van der Waals surface area contributed by atoms with Crippen molar-refractivity contribution in [3.63, 3.8) is 0 Å². The minimum atomic E-state index is -3.94. The molecule has 1 aliphatic rings. The average molecular weight is 316 g/mol. The van der Waals surface area contributed by atoms with E-state index in [1.54, 1.807) is 6.92 Å². The van der Waals surface area contributed by atoms with Gasteiger partial charge in [0.25, 0.3) is 0 Å². The summed E-state index contributed by atoms with van der Waals surface area (Å²) in [7, 11) is -3.94. The Morgan fingerprint density at radius 3 is 2.95 bits per heavy atom. The van der Waals surface area contributed by atoms with Gasteiger partial charge in [0.2, 0.25) is 10.0 Å². The summed E-state index contributed by atoms with van der Waals surface area (Å²) in [5.74, 6) is -1.25. The maximum atomic E-state index is 13.3. The van der Waals surface area contributed by atoms with E-state index >= 15 is 0 Å². The van der Waals surface area contributed by atoms with E-state index in [1.165, 1.54) is 18.2 Å². The zero-order valence-corrected chi connectivity index (χ0v) is 12.4. The van der Waals surface area contributed by atoms with Crippen LogP contribution >= 0.6 is 0 Å². The largest absolute Gasteiger partial charge is 0.465 e. The lowest BCUT2D eigenvalue weighted by Crippen LogP contribution is -2.57. The maximum Gasteiger partial charge on any atom is 0.325 e. The average Bonchev–Trinajstić information content (AvgIpc) is 2.47. The Balaban J connectivity index is 2.34. The van der Waals surface area contributed by atoms with Crippen LogP contribution in [-0.2, 0) is 19.6 Å². The fraction of sp³-hybridized carbons (Fsp3) is 0.462. The normalized spacial score (nSPS) is 20.2. The summed E-state index contributed by atoms with van der Waals surface area (Å²) < 4.78 is 44.4. The van der Waals surface area contributed by atoms with Crippen LogP contribution in [0.25, 0.3) is 0 Å². The molecular weight excluding hydrogens is 299 g/mol. The molecule has 1 unspecified atom stereocenters. The van der Waals surface area contributed by atoms with Crippen LogP contribution in [0.3, 0.4) is 0 Å². The van der Waals surface area contributed by atoms with Gasteiger partial charge in [0.15, 0.2) is 0 Å². The predicted octanol–water partition coefficient (Wildman–Crippen LogP) is 0.351. The summed E-state index contributed by atoms with van der Waals surface area (Å²) in [6, 6.07) is 3.80. The third-order valence-corrected chi connectivity index (χ3v) is 5.06. The highest BCUT2D eigenvalue weighted by Crippen LogP contribution is 2.20. The molecule has 1 heterocycles. The van der Waals surface area contributed by atoms with E-state index < -0.39 is 27.9 Å². The molecule has 0 bridgehead atoms. The van der Waals surface area contributed by atoms with Crippen molar-refractivity contribution in [1.82, 2.24) is 9.62 Å². The standard InChI is InChI=1S/C13H17FN2O4S/c1-2-20-13(17)12-9-15-6-7-16(12)21(18,19)11-5-3-4-10(14)8-11/h3-5,8,12,15H,2,6-7,9H2,1H3. The Hall–Kier alpha value is -1.51. The molecular formula is C13H17FN2O4S. The number of benzene rings is 1. The molecule has 1 atom stereocenters. The fourth-order valence-corrected chi connectivity index (χ4v) is 3.79. The van der Waals surface area contributed by atoms with E-state index in [1.807, 2.05) is 0 Å². The molecule has 0 aliphatic carbocycles. The smallest absolute Gasteiger partial charge is 0.325 e. The summed E-state index contributed by atoms with van der Waals surface area (Å²) in [4.78, 5) is 11.7. The van der Waals surface area contributed by atoms with Gasteiger partial charge in [-0.25, -0.2) is 12.8 Å². The molecule has 0 radical (unpaired) electrons. The Morgan fingerprint density at radius 1 is 1.52 bits per heavy atom. The van der Waals surface area contributed by atoms with E-state index in [-0.39, 0.29) is 24.6 Å². The molecule has 2 rings (SSSR count). The first-order chi connectivity index (χ1) is 9.96. The van der Waals surface area contributed by atoms with Crippen LogP contribution in [0, 0.1) is 5.82 Å². The Bertz CT molecular complexity index is 620. The number of esters is 1. The topological polar surface area (TPSA) is 75.7 Å². The van der Waals surface area contributed by atoms with Crippen LogP contribution < -0.4 is 5.32 Å². The van der Waals surface area contributed by atoms with Crippen LogP contribution in [0.5, 0.6) is 0 Å². The number of ether oxygens (including phenoxy) is 1. The number of halogens is 1. The third kappa shape index (κ3) is 3.39. The van der Waals surface area contributed by atoms with Crippen LogP contribution in [-0.4, -0.2) is 51.0 Å². The zero-order valence-electron chi connectivity index (χ0n) is 11.6. The number of nitrogens with one attached hydrogen (secondary N) is 1. The number of hydrogen-bond donors (Lipinski definition) is 1. The summed E-state index contributed by atoms with van der Waals surface area (Å²) in [5.41, 5.74) is 0. The maximum absolute atomic E-state index is 13.3. The second-order valence-corrected chi connectivity index (χ2v) is 6.44. The molecule has 21 heavy (non-hydrogen) atoms. The monoisotopic (exact) mass is 316 g/mol. The quantitative estimate of drug-likeness (QED) is 0.811. The van der Waals surface area contributed by atoms with Crippen molar-refractivity contribution in [2.75, 3.05) is 26.2 Å². The highest BCUT2D eigenvalue weighted by Gasteiger charge is 2.38. The van der Waals surface area contributed by atoms with Crippen molar-refractivity contribution in [3.8, 4) is 0 Å². The van der Waals surface area contributed by atoms with E-state index in [2.05, 4.69) is 5.32 Å². The minimum Gasteiger partial charge on any atom is -0.465 e. The molecule has 0 amide bonds. The van der Waals surface area contributed by atoms with E-state index in [0.29, 0.717) is 6.54 Å². The molecule has 1 aromatic carbocycles. The van der Waals surface area contributed by atoms with Gasteiger partial charge in [-0.05, 0) is 25.1 Å². The van der Waals surface area contributed by atoms with Gasteiger partial charge in [-0.15, -0.1) is 0 Å². The minimum absolute atomic E-state index is 0.127. The molecule has 1 fully saturated rings. The summed E-state index contributed by atoms with van der Waals surface area (Å²) in [6.07, 6.45) is 0. The van der Waals surface area contributed by atoms with Gasteiger partial charge in [-0.1, -0.05) is 6.07 Å². The van der Waals surface area contributed by atoms with Crippen LogP contribution in [0.2, 0.25) is 0 Å². The van der Waals surface area contributed by atoms with Gasteiger partial charge in [0.1, 0.15) is 11.9 Å². The fourth-order valence-electron chi connectivity index (χ4n) is 2.18. The molecule has 116 valence electrons. The zero-order chi connectivity index (χ0) is 15.5. The predicted molar refractivity (Wildman–Crippen MR) is 73.6 cm³/mol. The summed E-state index contributed by atoms with van der Waals surface area (Å²) >= 11 is 0. The van der Waals surface area contributed by atoms with Crippen molar-refractivity contribution >= 4 is 16.0 Å². The number of piperazine rings is 1. The second kappa shape index (κ2) is 6.50. The lowest BCUT2D eigenvalue weighted by molar-refractivity contribution is -0.148. The van der Waals surface area contributed by atoms with Gasteiger partial charge < -0.3 is 10.1 Å². The molecule has 1 N–H and O–H groups in total. The second-order valence-electron chi connectivity index (χ2n) is 4.55. The van der Waals surface area contributed by atoms with Gasteiger partial charge in [-0.3, -0.25) is 4.79 Å². The molecule has 8 heteroatoms. The highest BCUT2D eigenvalue weighted by atomic mass is 32.2. The third-order valence-electron chi connectivity index (χ3n) is 3.16. The van der Waals surface area contributed by atoms with E-state index in [0.717, 1.165) is 10.4 Å². The van der Waals surface area contributed by atoms with E-state index in [4.69, 9.17) is 4.74 Å². The van der Waals surface area contributed by atoms with Crippen LogP contribution in [0.4, 0.5) is 4.39 Å². The highest BCUT2D eigenvalue weighted by molar-refractivity contribution is 7.89. The van der Waals surface area contributed by atoms with Crippen molar-refractivity contribution in [1.29, 1.82) is 0 Å². The van der Waals surface area contributed by atoms with Gasteiger partial charge in [0, 0.05) is 19.6 Å². The summed E-state index contributed by atoms with van der Waals surface area (Å²) in [6.45, 7) is 2.54. The lowest BCUT2D eigenvalue weighted by Gasteiger charge is -2.33. The molecule has 0 saturated carbocycles. The molecule has 6 nitrogen and oxygen atoms in total. The van der Waals surface area contributed by atoms with E-state index in [9.17, 15) is 17.6 Å². The molecule has 1 aliphatic heterocycles. The summed E-state index contributed by atoms with van der Waals surface area (Å²) in [5, 5.41) is 2.96. The molecule has 1 aromatic rings. The van der Waals surface area contributed by atoms with Crippen LogP contribution in [0.1, 0.15) is 6.92 Å². The van der Waals surface area contributed by atoms with Gasteiger partial charge >= 0.3 is 5.97 Å². The van der Waals surface area contributed by atoms with Gasteiger partial charge in [0.05, 0.1) is 11.5 Å². The first kappa shape index (κ1) is 15.9. The number of rotatable bonds is 4. The first-order valence-electron chi connectivity index (χ1n) is 6.61. The number of carbonyl (C=O) groups is 1. The lowest BCUT2D eigenvalue weighted by atomic mass is 10.2. The SMILES string of the molecule is CCOC(=O)C1CNCCN1S(=O)(=O)c1cccc(F)c1. The van der Waals surface area contributed by atoms with Crippen LogP contribution in [0.15, 0.2) is 29.2 Å². The number of nitrogens with zero attached hydrogens (tertiary/aromatic N) is 1. The van der Waals surface area contributed by atoms with Crippen molar-refractivity contribution in [2.24, 2.45) is 0 Å². The van der Waals surface area contributed by atoms with Crippen molar-refractivity contribution in [2.45, 2.75) is 17.9 Å². The van der Waals surface area contributed by atoms with Gasteiger partial charge in [-0.2, -0.15) is 4.31 Å². The molecule has 0 spiro atoms. The first-order valence-corrected chi connectivity index (χ1v) is 8.05. The Morgan fingerprint density at radius 2 is 2.29 bits per heavy atom. The number of carbonyl (C=O) groups excluding carboxylic acids is 1. The number of hydrogen-bond acceptors (Lipinski definition) is 5.